The van der Waals surface area contributed by atoms with E-state index < -0.39 is 23.8 Å². The first kappa shape index (κ1) is 12.8. The number of aliphatic hydroxyl groups excluding tert-OH is 1. The zero-order valence-electron chi connectivity index (χ0n) is 10.6. The highest BCUT2D eigenvalue weighted by Gasteiger charge is 2.57. The predicted molar refractivity (Wildman–Crippen MR) is 71.6 cm³/mol. The Labute approximate surface area is 116 Å². The third-order valence-electron chi connectivity index (χ3n) is 3.60. The average molecular weight is 270 g/mol. The van der Waals surface area contributed by atoms with E-state index in [9.17, 15) is 15.0 Å². The Morgan fingerprint density at radius 3 is 2.10 bits per heavy atom. The first-order valence-electron chi connectivity index (χ1n) is 6.36. The average Bonchev–Trinajstić information content (AvgIpc) is 2.74. The number of hydrogen-bond donors (Lipinski definition) is 2. The molecule has 2 N–H and O–H groups in total. The summed E-state index contributed by atoms with van der Waals surface area (Å²) in [7, 11) is 0. The van der Waals surface area contributed by atoms with Crippen LogP contribution in [0.15, 0.2) is 60.7 Å². The fraction of sp³-hybridized carbons (Fsp3) is 0.188. The summed E-state index contributed by atoms with van der Waals surface area (Å²) in [5.74, 6) is -0.829. The fourth-order valence-corrected chi connectivity index (χ4v) is 2.48. The van der Waals surface area contributed by atoms with Crippen molar-refractivity contribution in [3.63, 3.8) is 0 Å². The molecule has 3 unspecified atom stereocenters. The van der Waals surface area contributed by atoms with Crippen molar-refractivity contribution in [3.05, 3.63) is 71.8 Å². The Balaban J connectivity index is 2.01. The molecule has 0 spiro atoms. The Kier molecular flexibility index (Phi) is 3.04. The maximum absolute atomic E-state index is 12.1. The minimum Gasteiger partial charge on any atom is -0.452 e. The van der Waals surface area contributed by atoms with Crippen molar-refractivity contribution in [1.82, 2.24) is 0 Å². The van der Waals surface area contributed by atoms with Crippen LogP contribution < -0.4 is 0 Å². The van der Waals surface area contributed by atoms with Gasteiger partial charge in [-0.3, -0.25) is 0 Å². The SMILES string of the molecule is O=C1OC(c2ccccc2)C(O)C1(O)c1ccccc1. The topological polar surface area (TPSA) is 66.8 Å². The second-order valence-corrected chi connectivity index (χ2v) is 4.81. The van der Waals surface area contributed by atoms with Crippen LogP contribution in [0.3, 0.4) is 0 Å². The van der Waals surface area contributed by atoms with Crippen molar-refractivity contribution in [2.75, 3.05) is 0 Å². The monoisotopic (exact) mass is 270 g/mol. The van der Waals surface area contributed by atoms with Gasteiger partial charge >= 0.3 is 5.97 Å². The van der Waals surface area contributed by atoms with Crippen molar-refractivity contribution in [2.45, 2.75) is 17.8 Å². The molecule has 0 aliphatic carbocycles. The van der Waals surface area contributed by atoms with Gasteiger partial charge in [0.15, 0.2) is 6.10 Å². The lowest BCUT2D eigenvalue weighted by Gasteiger charge is -2.23. The molecule has 1 saturated heterocycles. The molecule has 3 atom stereocenters. The van der Waals surface area contributed by atoms with E-state index in [0.29, 0.717) is 11.1 Å². The minimum absolute atomic E-state index is 0.330. The minimum atomic E-state index is -2.03. The van der Waals surface area contributed by atoms with Crippen LogP contribution in [0.5, 0.6) is 0 Å². The first-order valence-corrected chi connectivity index (χ1v) is 6.36. The van der Waals surface area contributed by atoms with E-state index in [-0.39, 0.29) is 0 Å². The van der Waals surface area contributed by atoms with Crippen molar-refractivity contribution >= 4 is 5.97 Å². The van der Waals surface area contributed by atoms with Gasteiger partial charge in [0.2, 0.25) is 5.60 Å². The highest BCUT2D eigenvalue weighted by molar-refractivity contribution is 5.84. The molecule has 0 aromatic heterocycles. The smallest absolute Gasteiger partial charge is 0.346 e. The first-order chi connectivity index (χ1) is 9.64. The van der Waals surface area contributed by atoms with Gasteiger partial charge in [0.1, 0.15) is 6.10 Å². The van der Waals surface area contributed by atoms with Crippen LogP contribution >= 0.6 is 0 Å². The van der Waals surface area contributed by atoms with Crippen molar-refractivity contribution in [3.8, 4) is 0 Å². The molecule has 4 nitrogen and oxygen atoms in total. The molecular weight excluding hydrogens is 256 g/mol. The molecule has 4 heteroatoms. The standard InChI is InChI=1S/C16H14O4/c17-14-13(11-7-3-1-4-8-11)20-15(18)16(14,19)12-9-5-2-6-10-12/h1-10,13-14,17,19H. The lowest BCUT2D eigenvalue weighted by Crippen LogP contribution is -2.41. The van der Waals surface area contributed by atoms with Crippen LogP contribution in [-0.2, 0) is 15.1 Å². The second-order valence-electron chi connectivity index (χ2n) is 4.81. The van der Waals surface area contributed by atoms with E-state index in [4.69, 9.17) is 4.74 Å². The predicted octanol–water partition coefficient (Wildman–Crippen LogP) is 1.53. The molecule has 1 aliphatic rings. The lowest BCUT2D eigenvalue weighted by molar-refractivity contribution is -0.157. The molecule has 0 radical (unpaired) electrons. The van der Waals surface area contributed by atoms with Gasteiger partial charge < -0.3 is 14.9 Å². The zero-order chi connectivity index (χ0) is 14.2. The number of aliphatic hydroxyl groups is 2. The molecular formula is C16H14O4. The summed E-state index contributed by atoms with van der Waals surface area (Å²) in [4.78, 5) is 12.1. The van der Waals surface area contributed by atoms with Gasteiger partial charge in [-0.2, -0.15) is 0 Å². The Morgan fingerprint density at radius 2 is 1.50 bits per heavy atom. The highest BCUT2D eigenvalue weighted by atomic mass is 16.6. The molecule has 1 fully saturated rings. The molecule has 20 heavy (non-hydrogen) atoms. The van der Waals surface area contributed by atoms with E-state index >= 15 is 0 Å². The third-order valence-corrected chi connectivity index (χ3v) is 3.60. The summed E-state index contributed by atoms with van der Waals surface area (Å²) in [6.07, 6.45) is -2.21. The van der Waals surface area contributed by atoms with E-state index in [1.165, 1.54) is 0 Å². The number of rotatable bonds is 2. The number of hydrogen-bond acceptors (Lipinski definition) is 4. The zero-order valence-corrected chi connectivity index (χ0v) is 10.6. The number of carbonyl (C=O) groups excluding carboxylic acids is 1. The Bertz CT molecular complexity index is 611. The van der Waals surface area contributed by atoms with Crippen molar-refractivity contribution in [1.29, 1.82) is 0 Å². The molecule has 2 aromatic carbocycles. The fourth-order valence-electron chi connectivity index (χ4n) is 2.48. The molecule has 0 bridgehead atoms. The van der Waals surface area contributed by atoms with E-state index in [2.05, 4.69) is 0 Å². The molecule has 0 saturated carbocycles. The van der Waals surface area contributed by atoms with Gasteiger partial charge in [0.05, 0.1) is 0 Å². The number of ether oxygens (including phenoxy) is 1. The number of benzene rings is 2. The van der Waals surface area contributed by atoms with Crippen LogP contribution in [0.1, 0.15) is 17.2 Å². The number of cyclic esters (lactones) is 1. The molecule has 102 valence electrons. The van der Waals surface area contributed by atoms with Crippen LogP contribution in [0.2, 0.25) is 0 Å². The molecule has 1 heterocycles. The number of carbonyl (C=O) groups is 1. The quantitative estimate of drug-likeness (QED) is 0.812. The van der Waals surface area contributed by atoms with Crippen molar-refractivity contribution in [2.24, 2.45) is 0 Å². The summed E-state index contributed by atoms with van der Waals surface area (Å²) < 4.78 is 5.19. The van der Waals surface area contributed by atoms with Crippen molar-refractivity contribution < 1.29 is 19.7 Å². The summed E-state index contributed by atoms with van der Waals surface area (Å²) in [5.41, 5.74) is -1.04. The molecule has 2 aromatic rings. The van der Waals surface area contributed by atoms with E-state index in [1.807, 2.05) is 6.07 Å². The van der Waals surface area contributed by atoms with Crippen LogP contribution in [0.25, 0.3) is 0 Å². The van der Waals surface area contributed by atoms with Gasteiger partial charge in [-0.25, -0.2) is 4.79 Å². The van der Waals surface area contributed by atoms with E-state index in [1.54, 1.807) is 54.6 Å². The normalized spacial score (nSPS) is 29.2. The number of esters is 1. The van der Waals surface area contributed by atoms with Gasteiger partial charge in [0.25, 0.3) is 0 Å². The molecule has 3 rings (SSSR count). The van der Waals surface area contributed by atoms with Gasteiger partial charge in [-0.15, -0.1) is 0 Å². The summed E-state index contributed by atoms with van der Waals surface area (Å²) in [6.45, 7) is 0. The molecule has 0 amide bonds. The summed E-state index contributed by atoms with van der Waals surface area (Å²) in [5, 5.41) is 21.0. The molecule has 1 aliphatic heterocycles. The van der Waals surface area contributed by atoms with Crippen LogP contribution in [0, 0.1) is 0 Å². The lowest BCUT2D eigenvalue weighted by atomic mass is 9.86. The Morgan fingerprint density at radius 1 is 0.950 bits per heavy atom. The second kappa shape index (κ2) is 4.74. The van der Waals surface area contributed by atoms with Crippen LogP contribution in [-0.4, -0.2) is 22.3 Å². The summed E-state index contributed by atoms with van der Waals surface area (Å²) >= 11 is 0. The summed E-state index contributed by atoms with van der Waals surface area (Å²) in [6, 6.07) is 17.3. The van der Waals surface area contributed by atoms with Crippen LogP contribution in [0.4, 0.5) is 0 Å². The van der Waals surface area contributed by atoms with Gasteiger partial charge in [-0.1, -0.05) is 60.7 Å². The largest absolute Gasteiger partial charge is 0.452 e. The van der Waals surface area contributed by atoms with Gasteiger partial charge in [0, 0.05) is 0 Å². The van der Waals surface area contributed by atoms with Gasteiger partial charge in [-0.05, 0) is 11.1 Å². The third kappa shape index (κ3) is 1.81. The Hall–Kier alpha value is -2.17. The maximum atomic E-state index is 12.1. The maximum Gasteiger partial charge on any atom is 0.346 e. The van der Waals surface area contributed by atoms with E-state index in [0.717, 1.165) is 0 Å². The highest BCUT2D eigenvalue weighted by Crippen LogP contribution is 2.42.